The number of hydrogen-bond donors (Lipinski definition) is 1. The van der Waals surface area contributed by atoms with Gasteiger partial charge in [-0.2, -0.15) is 0 Å². The Bertz CT molecular complexity index is 912. The van der Waals surface area contributed by atoms with Gasteiger partial charge in [0.05, 0.1) is 12.2 Å². The SMILES string of the molecule is Cc1cccc(C)c1C(=O)N1CC2CN(C(CC(N)=O)c3ncc(Cl)s3)CC2C1. The Morgan fingerprint density at radius 3 is 2.34 bits per heavy atom. The lowest BCUT2D eigenvalue weighted by molar-refractivity contribution is -0.119. The van der Waals surface area contributed by atoms with Crippen LogP contribution < -0.4 is 5.73 Å². The Balaban J connectivity index is 1.46. The Labute approximate surface area is 179 Å². The molecule has 2 aliphatic heterocycles. The first-order valence-electron chi connectivity index (χ1n) is 9.82. The molecule has 2 saturated heterocycles. The first-order valence-corrected chi connectivity index (χ1v) is 11.0. The molecule has 0 radical (unpaired) electrons. The van der Waals surface area contributed by atoms with Crippen molar-refractivity contribution in [2.45, 2.75) is 26.3 Å². The van der Waals surface area contributed by atoms with Crippen LogP contribution in [0.2, 0.25) is 4.34 Å². The topological polar surface area (TPSA) is 79.5 Å². The molecular weight excluding hydrogens is 408 g/mol. The second-order valence-corrected chi connectivity index (χ2v) is 9.83. The number of fused-ring (bicyclic) bond motifs is 1. The van der Waals surface area contributed by atoms with E-state index in [9.17, 15) is 9.59 Å². The fraction of sp³-hybridized carbons (Fsp3) is 0.476. The van der Waals surface area contributed by atoms with Gasteiger partial charge in [0, 0.05) is 38.2 Å². The van der Waals surface area contributed by atoms with Gasteiger partial charge < -0.3 is 10.6 Å². The van der Waals surface area contributed by atoms with Crippen molar-refractivity contribution in [1.29, 1.82) is 0 Å². The molecular formula is C21H25ClN4O2S. The number of halogens is 1. The van der Waals surface area contributed by atoms with Crippen molar-refractivity contribution < 1.29 is 9.59 Å². The van der Waals surface area contributed by atoms with Crippen LogP contribution in [0.15, 0.2) is 24.4 Å². The minimum absolute atomic E-state index is 0.127. The molecule has 0 spiro atoms. The van der Waals surface area contributed by atoms with Crippen LogP contribution in [0.4, 0.5) is 0 Å². The average Bonchev–Trinajstić information content (AvgIpc) is 3.33. The zero-order valence-corrected chi connectivity index (χ0v) is 18.2. The lowest BCUT2D eigenvalue weighted by Crippen LogP contribution is -2.36. The largest absolute Gasteiger partial charge is 0.370 e. The summed E-state index contributed by atoms with van der Waals surface area (Å²) >= 11 is 7.46. The molecule has 1 aromatic heterocycles. The van der Waals surface area contributed by atoms with E-state index in [0.717, 1.165) is 47.9 Å². The summed E-state index contributed by atoms with van der Waals surface area (Å²) in [7, 11) is 0. The summed E-state index contributed by atoms with van der Waals surface area (Å²) in [6.45, 7) is 7.14. The van der Waals surface area contributed by atoms with Gasteiger partial charge in [0.2, 0.25) is 5.91 Å². The van der Waals surface area contributed by atoms with E-state index >= 15 is 0 Å². The van der Waals surface area contributed by atoms with Crippen molar-refractivity contribution in [3.63, 3.8) is 0 Å². The van der Waals surface area contributed by atoms with E-state index in [2.05, 4.69) is 9.88 Å². The van der Waals surface area contributed by atoms with E-state index in [-0.39, 0.29) is 24.3 Å². The van der Waals surface area contributed by atoms with Gasteiger partial charge in [-0.1, -0.05) is 29.8 Å². The highest BCUT2D eigenvalue weighted by molar-refractivity contribution is 7.15. The fourth-order valence-electron chi connectivity index (χ4n) is 4.74. The quantitative estimate of drug-likeness (QED) is 0.787. The van der Waals surface area contributed by atoms with Crippen LogP contribution >= 0.6 is 22.9 Å². The first-order chi connectivity index (χ1) is 13.8. The molecule has 0 bridgehead atoms. The molecule has 154 valence electrons. The maximum Gasteiger partial charge on any atom is 0.254 e. The Hall–Kier alpha value is -1.96. The summed E-state index contributed by atoms with van der Waals surface area (Å²) in [5.41, 5.74) is 8.38. The number of hydrogen-bond acceptors (Lipinski definition) is 5. The second-order valence-electron chi connectivity index (χ2n) is 8.14. The second kappa shape index (κ2) is 8.05. The molecule has 3 unspecified atom stereocenters. The molecule has 2 aliphatic rings. The van der Waals surface area contributed by atoms with Crippen LogP contribution in [-0.2, 0) is 4.79 Å². The summed E-state index contributed by atoms with van der Waals surface area (Å²) in [5, 5.41) is 0.831. The zero-order valence-electron chi connectivity index (χ0n) is 16.6. The van der Waals surface area contributed by atoms with Crippen molar-refractivity contribution in [2.24, 2.45) is 17.6 Å². The third-order valence-corrected chi connectivity index (χ3v) is 7.33. The fourth-order valence-corrected chi connectivity index (χ4v) is 5.81. The van der Waals surface area contributed by atoms with E-state index in [1.807, 2.05) is 36.9 Å². The molecule has 2 fully saturated rings. The van der Waals surface area contributed by atoms with E-state index in [4.69, 9.17) is 17.3 Å². The lowest BCUT2D eigenvalue weighted by atomic mass is 10.0. The molecule has 3 atom stereocenters. The number of aryl methyl sites for hydroxylation is 2. The number of carbonyl (C=O) groups is 2. The number of rotatable bonds is 5. The van der Waals surface area contributed by atoms with E-state index in [1.54, 1.807) is 6.20 Å². The third-order valence-electron chi connectivity index (χ3n) is 6.11. The molecule has 0 aliphatic carbocycles. The van der Waals surface area contributed by atoms with Crippen molar-refractivity contribution >= 4 is 34.8 Å². The maximum atomic E-state index is 13.1. The molecule has 8 heteroatoms. The number of thiazole rings is 1. The van der Waals surface area contributed by atoms with Crippen LogP contribution in [0, 0.1) is 25.7 Å². The standard InChI is InChI=1S/C21H25ClN4O2S/c1-12-4-3-5-13(2)19(12)21(28)26-10-14-8-25(9-15(14)11-26)16(6-18(23)27)20-24-7-17(22)29-20/h3-5,7,14-16H,6,8-11H2,1-2H3,(H2,23,27). The number of nitrogens with two attached hydrogens (primary N) is 1. The molecule has 29 heavy (non-hydrogen) atoms. The lowest BCUT2D eigenvalue weighted by Gasteiger charge is -2.28. The summed E-state index contributed by atoms with van der Waals surface area (Å²) in [4.78, 5) is 33.4. The highest BCUT2D eigenvalue weighted by Crippen LogP contribution is 2.39. The minimum atomic E-state index is -0.342. The summed E-state index contributed by atoms with van der Waals surface area (Å²) in [6, 6.07) is 5.83. The number of nitrogens with zero attached hydrogens (tertiary/aromatic N) is 3. The van der Waals surface area contributed by atoms with Crippen molar-refractivity contribution in [3.05, 3.63) is 50.4 Å². The molecule has 0 saturated carbocycles. The number of benzene rings is 1. The van der Waals surface area contributed by atoms with Gasteiger partial charge >= 0.3 is 0 Å². The predicted molar refractivity (Wildman–Crippen MR) is 114 cm³/mol. The Morgan fingerprint density at radius 1 is 1.21 bits per heavy atom. The van der Waals surface area contributed by atoms with Gasteiger partial charge in [0.1, 0.15) is 9.34 Å². The van der Waals surface area contributed by atoms with Gasteiger partial charge in [-0.15, -0.1) is 11.3 Å². The van der Waals surface area contributed by atoms with Gasteiger partial charge in [-0.3, -0.25) is 14.5 Å². The summed E-state index contributed by atoms with van der Waals surface area (Å²) in [6.07, 6.45) is 1.85. The number of aromatic nitrogens is 1. The molecule has 3 heterocycles. The number of primary amides is 1. The number of carbonyl (C=O) groups excluding carboxylic acids is 2. The van der Waals surface area contributed by atoms with E-state index in [0.29, 0.717) is 16.2 Å². The molecule has 1 aromatic carbocycles. The smallest absolute Gasteiger partial charge is 0.254 e. The van der Waals surface area contributed by atoms with Gasteiger partial charge in [0.15, 0.2) is 0 Å². The Morgan fingerprint density at radius 2 is 1.83 bits per heavy atom. The monoisotopic (exact) mass is 432 g/mol. The van der Waals surface area contributed by atoms with Crippen LogP contribution in [0.25, 0.3) is 0 Å². The highest BCUT2D eigenvalue weighted by Gasteiger charge is 2.44. The van der Waals surface area contributed by atoms with Crippen LogP contribution in [0.3, 0.4) is 0 Å². The number of amides is 2. The summed E-state index contributed by atoms with van der Waals surface area (Å²) < 4.78 is 0.610. The van der Waals surface area contributed by atoms with E-state index < -0.39 is 0 Å². The van der Waals surface area contributed by atoms with Gasteiger partial charge in [-0.05, 0) is 36.8 Å². The van der Waals surface area contributed by atoms with E-state index in [1.165, 1.54) is 11.3 Å². The van der Waals surface area contributed by atoms with Gasteiger partial charge in [-0.25, -0.2) is 4.98 Å². The first kappa shape index (κ1) is 20.3. The van der Waals surface area contributed by atoms with Crippen molar-refractivity contribution in [2.75, 3.05) is 26.2 Å². The molecule has 4 rings (SSSR count). The van der Waals surface area contributed by atoms with Crippen LogP contribution in [0.5, 0.6) is 0 Å². The third kappa shape index (κ3) is 4.04. The van der Waals surface area contributed by atoms with Gasteiger partial charge in [0.25, 0.3) is 5.91 Å². The van der Waals surface area contributed by atoms with Crippen molar-refractivity contribution in [1.82, 2.24) is 14.8 Å². The zero-order chi connectivity index (χ0) is 20.7. The predicted octanol–water partition coefficient (Wildman–Crippen LogP) is 3.03. The molecule has 2 amide bonds. The Kier molecular flexibility index (Phi) is 5.64. The maximum absolute atomic E-state index is 13.1. The summed E-state index contributed by atoms with van der Waals surface area (Å²) in [5.74, 6) is 0.579. The average molecular weight is 433 g/mol. The molecule has 2 aromatic rings. The van der Waals surface area contributed by atoms with Crippen LogP contribution in [0.1, 0.15) is 39.0 Å². The molecule has 6 nitrogen and oxygen atoms in total. The minimum Gasteiger partial charge on any atom is -0.370 e. The highest BCUT2D eigenvalue weighted by atomic mass is 35.5. The normalized spacial score (nSPS) is 22.7. The molecule has 2 N–H and O–H groups in total. The van der Waals surface area contributed by atoms with Crippen molar-refractivity contribution in [3.8, 4) is 0 Å². The number of likely N-dealkylation sites (tertiary alicyclic amines) is 2. The van der Waals surface area contributed by atoms with Crippen LogP contribution in [-0.4, -0.2) is 52.8 Å².